The topological polar surface area (TPSA) is 86.1 Å². The summed E-state index contributed by atoms with van der Waals surface area (Å²) in [5.74, 6) is -2.25. The van der Waals surface area contributed by atoms with Crippen molar-refractivity contribution >= 4 is 27.7 Å². The summed E-state index contributed by atoms with van der Waals surface area (Å²) in [7, 11) is 0. The molecule has 0 spiro atoms. The SMILES string of the molecule is O=C([O-])C1C[N+](O)(Cc2ccc(-c3nc4ccc(C5(c6ccccc6)CC5)nc4s3)c(F)c2)C1. The van der Waals surface area contributed by atoms with Gasteiger partial charge >= 0.3 is 0 Å². The highest BCUT2D eigenvalue weighted by Gasteiger charge is 2.47. The van der Waals surface area contributed by atoms with Gasteiger partial charge in [-0.05, 0) is 42.7 Å². The molecule has 8 heteroatoms. The molecule has 1 aliphatic carbocycles. The van der Waals surface area contributed by atoms with Gasteiger partial charge in [0, 0.05) is 16.5 Å². The lowest BCUT2D eigenvalue weighted by Crippen LogP contribution is -2.65. The van der Waals surface area contributed by atoms with E-state index in [0.29, 0.717) is 16.1 Å². The summed E-state index contributed by atoms with van der Waals surface area (Å²) < 4.78 is 14.6. The van der Waals surface area contributed by atoms with Gasteiger partial charge in [0.15, 0.2) is 0 Å². The number of nitrogens with zero attached hydrogens (tertiary/aromatic N) is 3. The first kappa shape index (κ1) is 21.3. The molecule has 0 radical (unpaired) electrons. The van der Waals surface area contributed by atoms with E-state index in [2.05, 4.69) is 29.2 Å². The highest BCUT2D eigenvalue weighted by molar-refractivity contribution is 7.21. The van der Waals surface area contributed by atoms with Gasteiger partial charge in [-0.1, -0.05) is 47.7 Å². The molecular formula is C26H22FN3O3S. The van der Waals surface area contributed by atoms with Crippen molar-refractivity contribution in [3.63, 3.8) is 0 Å². The van der Waals surface area contributed by atoms with Crippen molar-refractivity contribution < 1.29 is 24.1 Å². The van der Waals surface area contributed by atoms with Crippen LogP contribution in [0.1, 0.15) is 29.7 Å². The number of benzene rings is 2. The van der Waals surface area contributed by atoms with Crippen LogP contribution in [-0.4, -0.2) is 38.9 Å². The van der Waals surface area contributed by atoms with Crippen LogP contribution in [0.25, 0.3) is 20.9 Å². The Hall–Kier alpha value is -3.20. The van der Waals surface area contributed by atoms with Crippen LogP contribution in [-0.2, 0) is 16.8 Å². The third-order valence-electron chi connectivity index (χ3n) is 7.02. The van der Waals surface area contributed by atoms with Gasteiger partial charge in [-0.3, -0.25) is 0 Å². The second kappa shape index (κ2) is 7.66. The number of fused-ring (bicyclic) bond motifs is 1. The third kappa shape index (κ3) is 3.58. The zero-order valence-corrected chi connectivity index (χ0v) is 19.1. The van der Waals surface area contributed by atoms with Gasteiger partial charge in [0.2, 0.25) is 0 Å². The van der Waals surface area contributed by atoms with E-state index in [9.17, 15) is 15.1 Å². The Labute approximate surface area is 199 Å². The van der Waals surface area contributed by atoms with E-state index < -0.39 is 22.4 Å². The molecule has 1 aliphatic heterocycles. The first-order chi connectivity index (χ1) is 16.4. The number of carboxylic acids is 1. The molecule has 3 heterocycles. The fraction of sp³-hybridized carbons (Fsp3) is 0.269. The molecule has 1 N–H and O–H groups in total. The summed E-state index contributed by atoms with van der Waals surface area (Å²) in [6, 6.07) is 19.2. The standard InChI is InChI=1S/C26H22FN3O3S/c27-20-12-16(13-30(33)14-17(15-30)25(31)32)6-7-19(20)23-28-21-8-9-22(29-24(21)34-23)26(10-11-26)18-4-2-1-3-5-18/h1-9,12,17,33H,10-11,13-15H2. The van der Waals surface area contributed by atoms with Crippen LogP contribution in [0.5, 0.6) is 0 Å². The van der Waals surface area contributed by atoms with Crippen LogP contribution in [0.15, 0.2) is 60.7 Å². The molecule has 2 aromatic carbocycles. The minimum absolute atomic E-state index is 0.0394. The number of pyridine rings is 1. The van der Waals surface area contributed by atoms with E-state index in [1.807, 2.05) is 18.2 Å². The molecule has 0 atom stereocenters. The van der Waals surface area contributed by atoms with Crippen molar-refractivity contribution in [3.8, 4) is 10.6 Å². The molecule has 2 fully saturated rings. The van der Waals surface area contributed by atoms with Crippen molar-refractivity contribution in [2.75, 3.05) is 13.1 Å². The lowest BCUT2D eigenvalue weighted by Gasteiger charge is -2.43. The van der Waals surface area contributed by atoms with Crippen LogP contribution in [0.4, 0.5) is 4.39 Å². The van der Waals surface area contributed by atoms with E-state index in [1.165, 1.54) is 23.0 Å². The molecule has 4 aromatic rings. The van der Waals surface area contributed by atoms with E-state index in [0.717, 1.165) is 28.9 Å². The summed E-state index contributed by atoms with van der Waals surface area (Å²) in [4.78, 5) is 21.2. The van der Waals surface area contributed by atoms with Crippen LogP contribution in [0.3, 0.4) is 0 Å². The molecule has 1 saturated carbocycles. The number of aromatic nitrogens is 2. The molecule has 2 aliphatic rings. The number of hydrogen-bond acceptors (Lipinski definition) is 6. The number of halogens is 1. The van der Waals surface area contributed by atoms with Crippen LogP contribution < -0.4 is 5.11 Å². The normalized spacial score (nSPS) is 22.9. The van der Waals surface area contributed by atoms with Crippen molar-refractivity contribution in [1.29, 1.82) is 0 Å². The van der Waals surface area contributed by atoms with Crippen molar-refractivity contribution in [2.24, 2.45) is 5.92 Å². The predicted octanol–water partition coefficient (Wildman–Crippen LogP) is 3.66. The average Bonchev–Trinajstić information content (AvgIpc) is 3.51. The molecule has 34 heavy (non-hydrogen) atoms. The Morgan fingerprint density at radius 2 is 1.88 bits per heavy atom. The number of rotatable bonds is 6. The Bertz CT molecular complexity index is 1410. The number of aliphatic carboxylic acids is 1. The quantitative estimate of drug-likeness (QED) is 0.430. The summed E-state index contributed by atoms with van der Waals surface area (Å²) in [6.45, 7) is 0.289. The van der Waals surface area contributed by atoms with Gasteiger partial charge in [0.1, 0.15) is 46.7 Å². The molecule has 0 bridgehead atoms. The smallest absolute Gasteiger partial charge is 0.144 e. The highest BCUT2D eigenvalue weighted by Crippen LogP contribution is 2.53. The number of hydroxylamine groups is 3. The Balaban J connectivity index is 1.26. The lowest BCUT2D eigenvalue weighted by molar-refractivity contribution is -1.15. The molecule has 2 aromatic heterocycles. The Morgan fingerprint density at radius 3 is 2.56 bits per heavy atom. The fourth-order valence-corrected chi connectivity index (χ4v) is 5.95. The molecule has 6 rings (SSSR count). The summed E-state index contributed by atoms with van der Waals surface area (Å²) >= 11 is 1.37. The number of carbonyl (C=O) groups is 1. The summed E-state index contributed by atoms with van der Waals surface area (Å²) in [6.07, 6.45) is 2.12. The van der Waals surface area contributed by atoms with E-state index in [-0.39, 0.29) is 25.0 Å². The maximum atomic E-state index is 15.0. The zero-order valence-electron chi connectivity index (χ0n) is 18.3. The second-order valence-corrected chi connectivity index (χ2v) is 10.4. The van der Waals surface area contributed by atoms with Gasteiger partial charge in [0.25, 0.3) is 0 Å². The van der Waals surface area contributed by atoms with Gasteiger partial charge in [-0.2, -0.15) is 4.65 Å². The molecule has 0 amide bonds. The average molecular weight is 476 g/mol. The molecule has 172 valence electrons. The number of likely N-dealkylation sites (tertiary alicyclic amines) is 1. The van der Waals surface area contributed by atoms with E-state index >= 15 is 4.39 Å². The molecular weight excluding hydrogens is 453 g/mol. The van der Waals surface area contributed by atoms with Crippen LogP contribution in [0, 0.1) is 11.7 Å². The Kier molecular flexibility index (Phi) is 4.81. The first-order valence-corrected chi connectivity index (χ1v) is 12.1. The predicted molar refractivity (Wildman–Crippen MR) is 123 cm³/mol. The lowest BCUT2D eigenvalue weighted by atomic mass is 9.92. The number of quaternary nitrogens is 1. The van der Waals surface area contributed by atoms with Gasteiger partial charge in [-0.25, -0.2) is 19.6 Å². The number of thiazole rings is 1. The summed E-state index contributed by atoms with van der Waals surface area (Å²) in [5, 5.41) is 21.9. The Morgan fingerprint density at radius 1 is 1.12 bits per heavy atom. The minimum Gasteiger partial charge on any atom is -0.549 e. The maximum Gasteiger partial charge on any atom is 0.144 e. The fourth-order valence-electron chi connectivity index (χ4n) is 4.99. The van der Waals surface area contributed by atoms with Gasteiger partial charge < -0.3 is 9.90 Å². The van der Waals surface area contributed by atoms with Crippen molar-refractivity contribution in [1.82, 2.24) is 9.97 Å². The van der Waals surface area contributed by atoms with Crippen molar-refractivity contribution in [3.05, 3.63) is 83.3 Å². The van der Waals surface area contributed by atoms with Gasteiger partial charge in [-0.15, -0.1) is 0 Å². The van der Waals surface area contributed by atoms with Crippen LogP contribution >= 0.6 is 11.3 Å². The largest absolute Gasteiger partial charge is 0.549 e. The first-order valence-electron chi connectivity index (χ1n) is 11.3. The van der Waals surface area contributed by atoms with Crippen LogP contribution in [0.2, 0.25) is 0 Å². The molecule has 1 saturated heterocycles. The van der Waals surface area contributed by atoms with Crippen molar-refractivity contribution in [2.45, 2.75) is 24.8 Å². The number of carboxylic acid groups (broad SMARTS) is 1. The van der Waals surface area contributed by atoms with E-state index in [4.69, 9.17) is 4.98 Å². The number of carbonyl (C=O) groups excluding carboxylic acids is 1. The van der Waals surface area contributed by atoms with E-state index in [1.54, 1.807) is 12.1 Å². The molecule has 0 unspecified atom stereocenters. The monoisotopic (exact) mass is 475 g/mol. The second-order valence-electron chi connectivity index (χ2n) is 9.44. The molecule has 6 nitrogen and oxygen atoms in total. The number of hydrogen-bond donors (Lipinski definition) is 1. The highest BCUT2D eigenvalue weighted by atomic mass is 32.1. The third-order valence-corrected chi connectivity index (χ3v) is 8.02. The minimum atomic E-state index is -1.16. The van der Waals surface area contributed by atoms with Gasteiger partial charge in [0.05, 0.1) is 11.7 Å². The zero-order chi connectivity index (χ0) is 23.5. The summed E-state index contributed by atoms with van der Waals surface area (Å²) in [5.41, 5.74) is 3.98. The maximum absolute atomic E-state index is 15.0.